The van der Waals surface area contributed by atoms with Crippen molar-refractivity contribution in [2.75, 3.05) is 6.54 Å². The normalized spacial score (nSPS) is 24.8. The highest BCUT2D eigenvalue weighted by atomic mass is 32.2. The summed E-state index contributed by atoms with van der Waals surface area (Å²) in [5.74, 6) is -1.52. The number of sulfonamides is 1. The SMILES string of the molecule is O=C(CC1CCCCC1)NNC(=O)[N@+]1(S(=O)(=O)c2ccccc2)CCCC[C@H]1C(=O)O. The van der Waals surface area contributed by atoms with Crippen LogP contribution < -0.4 is 10.9 Å². The molecule has 0 radical (unpaired) electrons. The summed E-state index contributed by atoms with van der Waals surface area (Å²) in [7, 11) is -4.40. The molecule has 1 aliphatic heterocycles. The van der Waals surface area contributed by atoms with Crippen LogP contribution in [0, 0.1) is 5.92 Å². The van der Waals surface area contributed by atoms with Crippen LogP contribution in [0.5, 0.6) is 0 Å². The van der Waals surface area contributed by atoms with Gasteiger partial charge in [0.15, 0.2) is 0 Å². The van der Waals surface area contributed by atoms with Gasteiger partial charge in [0.2, 0.25) is 11.9 Å². The Balaban J connectivity index is 1.85. The summed E-state index contributed by atoms with van der Waals surface area (Å²) in [5, 5.41) is 9.78. The van der Waals surface area contributed by atoms with E-state index in [1.54, 1.807) is 6.07 Å². The summed E-state index contributed by atoms with van der Waals surface area (Å²) >= 11 is 0. The predicted molar refractivity (Wildman–Crippen MR) is 112 cm³/mol. The molecule has 3 amide bonds. The van der Waals surface area contributed by atoms with E-state index in [1.807, 2.05) is 0 Å². The number of aliphatic carboxylic acids is 1. The Bertz CT molecular complexity index is 914. The number of benzene rings is 1. The number of carbonyl (C=O) groups is 3. The highest BCUT2D eigenvalue weighted by Gasteiger charge is 2.60. The second kappa shape index (κ2) is 9.78. The van der Waals surface area contributed by atoms with Crippen molar-refractivity contribution in [1.29, 1.82) is 0 Å². The van der Waals surface area contributed by atoms with Crippen LogP contribution >= 0.6 is 0 Å². The lowest BCUT2D eigenvalue weighted by molar-refractivity contribution is -0.749. The topological polar surface area (TPSA) is 130 Å². The first-order chi connectivity index (χ1) is 14.8. The van der Waals surface area contributed by atoms with Gasteiger partial charge >= 0.3 is 22.0 Å². The number of piperidine rings is 1. The molecule has 1 heterocycles. The van der Waals surface area contributed by atoms with E-state index >= 15 is 0 Å². The van der Waals surface area contributed by atoms with Crippen LogP contribution in [0.3, 0.4) is 0 Å². The Morgan fingerprint density at radius 1 is 0.935 bits per heavy atom. The van der Waals surface area contributed by atoms with E-state index in [0.717, 1.165) is 32.1 Å². The van der Waals surface area contributed by atoms with Gasteiger partial charge in [-0.25, -0.2) is 15.0 Å². The number of carboxylic acids is 1. The number of carbonyl (C=O) groups excluding carboxylic acids is 2. The van der Waals surface area contributed by atoms with E-state index in [-0.39, 0.29) is 30.2 Å². The third-order valence-corrected chi connectivity index (χ3v) is 8.66. The predicted octanol–water partition coefficient (Wildman–Crippen LogP) is 2.54. The molecule has 1 aliphatic carbocycles. The van der Waals surface area contributed by atoms with Gasteiger partial charge in [0.25, 0.3) is 0 Å². The number of amides is 3. The summed E-state index contributed by atoms with van der Waals surface area (Å²) in [6.45, 7) is -0.182. The van der Waals surface area contributed by atoms with E-state index in [1.165, 1.54) is 24.3 Å². The second-order valence-corrected chi connectivity index (χ2v) is 10.4. The summed E-state index contributed by atoms with van der Waals surface area (Å²) in [5.41, 5.74) is 4.56. The van der Waals surface area contributed by atoms with E-state index in [9.17, 15) is 27.9 Å². The maximum Gasteiger partial charge on any atom is 0.451 e. The molecule has 170 valence electrons. The number of hydrogen-bond acceptors (Lipinski definition) is 5. The van der Waals surface area contributed by atoms with Crippen molar-refractivity contribution in [3.63, 3.8) is 0 Å². The Labute approximate surface area is 182 Å². The molecule has 3 rings (SSSR count). The molecular formula is C21H30N3O6S+. The fourth-order valence-corrected chi connectivity index (χ4v) is 6.73. The monoisotopic (exact) mass is 452 g/mol. The van der Waals surface area contributed by atoms with Gasteiger partial charge in [-0.2, -0.15) is 8.42 Å². The first-order valence-electron chi connectivity index (χ1n) is 10.8. The average Bonchev–Trinajstić information content (AvgIpc) is 2.78. The van der Waals surface area contributed by atoms with Crippen LogP contribution in [0.2, 0.25) is 0 Å². The van der Waals surface area contributed by atoms with Gasteiger partial charge in [-0.1, -0.05) is 37.5 Å². The third kappa shape index (κ3) is 4.74. The van der Waals surface area contributed by atoms with E-state index in [4.69, 9.17) is 0 Å². The standard InChI is InChI=1S/C21H29N3O6S/c25-19(15-16-9-3-1-4-10-16)22-23-21(28)24(14-8-7-13-18(24)20(26)27)31(29,30)17-11-5-2-6-12-17/h2,5-6,11-12,16,18H,1,3-4,7-10,13-15H2,(H2-,22,23,25,26,27,28)/p+1/t18-,24-/m0/s1. The number of rotatable bonds is 5. The van der Waals surface area contributed by atoms with Crippen molar-refractivity contribution in [3.8, 4) is 0 Å². The highest BCUT2D eigenvalue weighted by Crippen LogP contribution is 2.35. The molecule has 2 fully saturated rings. The van der Waals surface area contributed by atoms with Crippen molar-refractivity contribution in [2.24, 2.45) is 5.92 Å². The molecule has 1 aromatic carbocycles. The molecule has 10 heteroatoms. The number of carboxylic acid groups (broad SMARTS) is 1. The second-order valence-electron chi connectivity index (χ2n) is 8.34. The highest BCUT2D eigenvalue weighted by molar-refractivity contribution is 7.86. The smallest absolute Gasteiger partial charge is 0.451 e. The number of likely N-dealkylation sites (tertiary alicyclic amines) is 1. The van der Waals surface area contributed by atoms with Gasteiger partial charge < -0.3 is 5.11 Å². The molecule has 0 aromatic heterocycles. The Morgan fingerprint density at radius 3 is 2.23 bits per heavy atom. The summed E-state index contributed by atoms with van der Waals surface area (Å²) in [6.07, 6.45) is 6.36. The van der Waals surface area contributed by atoms with Gasteiger partial charge in [-0.05, 0) is 43.7 Å². The maximum atomic E-state index is 13.6. The zero-order chi connectivity index (χ0) is 22.5. The number of hydrazine groups is 1. The van der Waals surface area contributed by atoms with Crippen molar-refractivity contribution in [3.05, 3.63) is 30.3 Å². The van der Waals surface area contributed by atoms with Crippen molar-refractivity contribution in [2.45, 2.75) is 68.7 Å². The molecule has 9 nitrogen and oxygen atoms in total. The van der Waals surface area contributed by atoms with Gasteiger partial charge in [0.05, 0.1) is 0 Å². The van der Waals surface area contributed by atoms with E-state index < -0.39 is 37.9 Å². The van der Waals surface area contributed by atoms with Gasteiger partial charge in [-0.3, -0.25) is 10.2 Å². The fraction of sp³-hybridized carbons (Fsp3) is 0.571. The van der Waals surface area contributed by atoms with Crippen LogP contribution in [0.4, 0.5) is 4.79 Å². The van der Waals surface area contributed by atoms with Crippen LogP contribution in [-0.2, 0) is 19.6 Å². The Hall–Kier alpha value is -2.46. The lowest BCUT2D eigenvalue weighted by Gasteiger charge is -2.40. The summed E-state index contributed by atoms with van der Waals surface area (Å²) < 4.78 is 25.8. The molecule has 1 saturated heterocycles. The number of quaternary nitrogens is 1. The molecule has 2 aliphatic rings. The van der Waals surface area contributed by atoms with Crippen molar-refractivity contribution < 1.29 is 31.8 Å². The third-order valence-electron chi connectivity index (χ3n) is 6.33. The van der Waals surface area contributed by atoms with E-state index in [0.29, 0.717) is 12.8 Å². The number of urea groups is 1. The molecule has 1 saturated carbocycles. The van der Waals surface area contributed by atoms with E-state index in [2.05, 4.69) is 10.9 Å². The lowest BCUT2D eigenvalue weighted by atomic mass is 9.87. The maximum absolute atomic E-state index is 13.6. The molecule has 0 unspecified atom stereocenters. The summed E-state index contributed by atoms with van der Waals surface area (Å²) in [4.78, 5) is 37.5. The van der Waals surface area contributed by atoms with Crippen LogP contribution in [-0.4, -0.2) is 47.9 Å². The molecule has 0 bridgehead atoms. The fourth-order valence-electron chi connectivity index (χ4n) is 4.69. The van der Waals surface area contributed by atoms with Crippen LogP contribution in [0.1, 0.15) is 57.8 Å². The molecule has 2 atom stereocenters. The first-order valence-corrected chi connectivity index (χ1v) is 12.2. The minimum Gasteiger partial charge on any atom is -0.477 e. The molecule has 0 spiro atoms. The average molecular weight is 453 g/mol. The van der Waals surface area contributed by atoms with Crippen LogP contribution in [0.25, 0.3) is 0 Å². The van der Waals surface area contributed by atoms with Crippen molar-refractivity contribution >= 4 is 27.9 Å². The quantitative estimate of drug-likeness (QED) is 0.465. The first kappa shape index (κ1) is 23.2. The number of hydrogen-bond donors (Lipinski definition) is 3. The Kier molecular flexibility index (Phi) is 7.32. The van der Waals surface area contributed by atoms with Gasteiger partial charge in [0.1, 0.15) is 11.4 Å². The molecule has 1 aromatic rings. The molecule has 31 heavy (non-hydrogen) atoms. The number of nitrogens with one attached hydrogen (secondary N) is 2. The minimum absolute atomic E-state index is 0.0465. The zero-order valence-corrected chi connectivity index (χ0v) is 18.3. The zero-order valence-electron chi connectivity index (χ0n) is 17.5. The van der Waals surface area contributed by atoms with Gasteiger partial charge in [0, 0.05) is 12.8 Å². The Morgan fingerprint density at radius 2 is 1.58 bits per heavy atom. The van der Waals surface area contributed by atoms with Crippen molar-refractivity contribution in [1.82, 2.24) is 10.9 Å². The van der Waals surface area contributed by atoms with Crippen LogP contribution in [0.15, 0.2) is 35.2 Å². The molecule has 3 N–H and O–H groups in total. The minimum atomic E-state index is -4.40. The van der Waals surface area contributed by atoms with Gasteiger partial charge in [-0.15, -0.1) is 3.89 Å². The summed E-state index contributed by atoms with van der Waals surface area (Å²) in [6, 6.07) is 4.86. The number of nitrogens with zero attached hydrogens (tertiary/aromatic N) is 1. The molecular weight excluding hydrogens is 422 g/mol. The lowest BCUT2D eigenvalue weighted by Crippen LogP contribution is -2.70. The largest absolute Gasteiger partial charge is 0.477 e.